The summed E-state index contributed by atoms with van der Waals surface area (Å²) in [5.74, 6) is 0.576. The van der Waals surface area contributed by atoms with Crippen molar-refractivity contribution in [2.45, 2.75) is 0 Å². The van der Waals surface area contributed by atoms with E-state index in [0.29, 0.717) is 0 Å². The second kappa shape index (κ2) is 5.43. The number of methoxy groups -OCH3 is 1. The Hall–Kier alpha value is -2.20. The van der Waals surface area contributed by atoms with E-state index < -0.39 is 0 Å². The summed E-state index contributed by atoms with van der Waals surface area (Å²) in [6.07, 6.45) is 1.81. The maximum atomic E-state index is 12.9. The quantitative estimate of drug-likeness (QED) is 0.700. The van der Waals surface area contributed by atoms with E-state index in [1.807, 2.05) is 30.5 Å². The van der Waals surface area contributed by atoms with Crippen LogP contribution in [-0.4, -0.2) is 12.1 Å². The summed E-state index contributed by atoms with van der Waals surface area (Å²) in [6.45, 7) is 0. The highest BCUT2D eigenvalue weighted by molar-refractivity contribution is 7.18. The minimum Gasteiger partial charge on any atom is -0.497 e. The van der Waals surface area contributed by atoms with Crippen LogP contribution in [0.15, 0.2) is 54.7 Å². The number of ether oxygens (including phenoxy) is 1. The van der Waals surface area contributed by atoms with Crippen molar-refractivity contribution in [3.8, 4) is 26.8 Å². The lowest BCUT2D eigenvalue weighted by molar-refractivity contribution is 0.415. The summed E-state index contributed by atoms with van der Waals surface area (Å²) < 4.78 is 18.1. The van der Waals surface area contributed by atoms with Gasteiger partial charge in [-0.25, -0.2) is 9.37 Å². The average molecular weight is 285 g/mol. The summed E-state index contributed by atoms with van der Waals surface area (Å²) in [7, 11) is 1.64. The van der Waals surface area contributed by atoms with Crippen molar-refractivity contribution in [3.05, 3.63) is 60.5 Å². The molecule has 100 valence electrons. The summed E-state index contributed by atoms with van der Waals surface area (Å²) in [5.41, 5.74) is 1.99. The minimum absolute atomic E-state index is 0.230. The molecule has 0 amide bonds. The summed E-state index contributed by atoms with van der Waals surface area (Å²) in [6, 6.07) is 14.2. The molecule has 0 bridgehead atoms. The van der Waals surface area contributed by atoms with Gasteiger partial charge in [0.2, 0.25) is 0 Å². The van der Waals surface area contributed by atoms with Crippen LogP contribution in [0.4, 0.5) is 4.39 Å². The molecule has 0 fully saturated rings. The molecular weight excluding hydrogens is 273 g/mol. The second-order valence-electron chi connectivity index (χ2n) is 4.27. The van der Waals surface area contributed by atoms with E-state index >= 15 is 0 Å². The standard InChI is InChI=1S/C16H12FNOS/c1-19-14-4-2-3-12(9-14)16-18-10-15(20-16)11-5-7-13(17)8-6-11/h2-10H,1H3. The maximum absolute atomic E-state index is 12.9. The molecule has 0 saturated carbocycles. The second-order valence-corrected chi connectivity index (χ2v) is 5.30. The highest BCUT2D eigenvalue weighted by Crippen LogP contribution is 2.33. The molecule has 1 aromatic heterocycles. The van der Waals surface area contributed by atoms with Crippen LogP contribution in [0.5, 0.6) is 5.75 Å². The molecule has 0 aliphatic rings. The van der Waals surface area contributed by atoms with Gasteiger partial charge in [-0.05, 0) is 29.8 Å². The summed E-state index contributed by atoms with van der Waals surface area (Å²) in [4.78, 5) is 5.45. The average Bonchev–Trinajstić information content (AvgIpc) is 2.98. The van der Waals surface area contributed by atoms with Gasteiger partial charge in [0, 0.05) is 11.8 Å². The number of halogens is 1. The van der Waals surface area contributed by atoms with Crippen LogP contribution in [0.2, 0.25) is 0 Å². The molecule has 0 unspecified atom stereocenters. The van der Waals surface area contributed by atoms with Gasteiger partial charge >= 0.3 is 0 Å². The molecule has 3 aromatic rings. The van der Waals surface area contributed by atoms with Gasteiger partial charge in [-0.1, -0.05) is 24.3 Å². The van der Waals surface area contributed by atoms with Crippen LogP contribution in [0, 0.1) is 5.82 Å². The van der Waals surface area contributed by atoms with Gasteiger partial charge < -0.3 is 4.74 Å². The highest BCUT2D eigenvalue weighted by Gasteiger charge is 2.07. The number of hydrogen-bond acceptors (Lipinski definition) is 3. The zero-order valence-corrected chi connectivity index (χ0v) is 11.7. The van der Waals surface area contributed by atoms with Gasteiger partial charge in [0.25, 0.3) is 0 Å². The summed E-state index contributed by atoms with van der Waals surface area (Å²) in [5, 5.41) is 0.920. The molecule has 3 rings (SSSR count). The monoisotopic (exact) mass is 285 g/mol. The molecule has 1 heterocycles. The van der Waals surface area contributed by atoms with Crippen LogP contribution in [0.1, 0.15) is 0 Å². The largest absolute Gasteiger partial charge is 0.497 e. The molecular formula is C16H12FNOS. The Balaban J connectivity index is 1.95. The molecule has 0 radical (unpaired) electrons. The third-order valence-electron chi connectivity index (χ3n) is 2.95. The SMILES string of the molecule is COc1cccc(-c2ncc(-c3ccc(F)cc3)s2)c1. The molecule has 0 spiro atoms. The number of nitrogens with zero attached hydrogens (tertiary/aromatic N) is 1. The van der Waals surface area contributed by atoms with E-state index in [2.05, 4.69) is 4.98 Å². The fourth-order valence-electron chi connectivity index (χ4n) is 1.91. The molecule has 0 saturated heterocycles. The first-order valence-electron chi connectivity index (χ1n) is 6.12. The van der Waals surface area contributed by atoms with Gasteiger partial charge in [0.1, 0.15) is 16.6 Å². The number of rotatable bonds is 3. The topological polar surface area (TPSA) is 22.1 Å². The lowest BCUT2D eigenvalue weighted by Crippen LogP contribution is -1.82. The van der Waals surface area contributed by atoms with E-state index in [1.165, 1.54) is 12.1 Å². The lowest BCUT2D eigenvalue weighted by atomic mass is 10.2. The van der Waals surface area contributed by atoms with Gasteiger partial charge in [-0.2, -0.15) is 0 Å². The smallest absolute Gasteiger partial charge is 0.124 e. The van der Waals surface area contributed by atoms with E-state index in [0.717, 1.165) is 26.8 Å². The Kier molecular flexibility index (Phi) is 3.48. The number of hydrogen-bond donors (Lipinski definition) is 0. The molecule has 2 aromatic carbocycles. The first-order chi connectivity index (χ1) is 9.76. The van der Waals surface area contributed by atoms with Crippen LogP contribution in [0.25, 0.3) is 21.0 Å². The van der Waals surface area contributed by atoms with Crippen molar-refractivity contribution in [2.75, 3.05) is 7.11 Å². The van der Waals surface area contributed by atoms with E-state index in [4.69, 9.17) is 4.74 Å². The van der Waals surface area contributed by atoms with Crippen molar-refractivity contribution in [1.82, 2.24) is 4.98 Å². The van der Waals surface area contributed by atoms with Crippen LogP contribution in [-0.2, 0) is 0 Å². The third-order valence-corrected chi connectivity index (χ3v) is 4.05. The van der Waals surface area contributed by atoms with Crippen LogP contribution in [0.3, 0.4) is 0 Å². The molecule has 4 heteroatoms. The molecule has 0 N–H and O–H groups in total. The Morgan fingerprint density at radius 3 is 2.60 bits per heavy atom. The Morgan fingerprint density at radius 2 is 1.85 bits per heavy atom. The van der Waals surface area contributed by atoms with Gasteiger partial charge in [0.05, 0.1) is 12.0 Å². The minimum atomic E-state index is -0.230. The first kappa shape index (κ1) is 12.8. The number of benzene rings is 2. The predicted octanol–water partition coefficient (Wildman–Crippen LogP) is 4.62. The van der Waals surface area contributed by atoms with Crippen molar-refractivity contribution in [2.24, 2.45) is 0 Å². The highest BCUT2D eigenvalue weighted by atomic mass is 32.1. The lowest BCUT2D eigenvalue weighted by Gasteiger charge is -2.01. The van der Waals surface area contributed by atoms with Gasteiger partial charge in [0.15, 0.2) is 0 Å². The zero-order valence-electron chi connectivity index (χ0n) is 10.8. The van der Waals surface area contributed by atoms with Gasteiger partial charge in [-0.15, -0.1) is 11.3 Å². The van der Waals surface area contributed by atoms with Crippen molar-refractivity contribution < 1.29 is 9.13 Å². The third kappa shape index (κ3) is 2.56. The fraction of sp³-hybridized carbons (Fsp3) is 0.0625. The van der Waals surface area contributed by atoms with E-state index in [-0.39, 0.29) is 5.82 Å². The molecule has 0 aliphatic carbocycles. The summed E-state index contributed by atoms with van der Waals surface area (Å²) >= 11 is 1.58. The zero-order chi connectivity index (χ0) is 13.9. The molecule has 0 aliphatic heterocycles. The first-order valence-corrected chi connectivity index (χ1v) is 6.94. The van der Waals surface area contributed by atoms with Crippen molar-refractivity contribution in [3.63, 3.8) is 0 Å². The number of thiazole rings is 1. The van der Waals surface area contributed by atoms with Gasteiger partial charge in [-0.3, -0.25) is 0 Å². The van der Waals surface area contributed by atoms with E-state index in [1.54, 1.807) is 30.6 Å². The Morgan fingerprint density at radius 1 is 1.05 bits per heavy atom. The molecule has 0 atom stereocenters. The maximum Gasteiger partial charge on any atom is 0.124 e. The van der Waals surface area contributed by atoms with Crippen LogP contribution < -0.4 is 4.74 Å². The van der Waals surface area contributed by atoms with Crippen molar-refractivity contribution in [1.29, 1.82) is 0 Å². The predicted molar refractivity (Wildman–Crippen MR) is 79.5 cm³/mol. The Labute approximate surface area is 120 Å². The fourth-order valence-corrected chi connectivity index (χ4v) is 2.83. The van der Waals surface area contributed by atoms with Crippen LogP contribution >= 0.6 is 11.3 Å². The normalized spacial score (nSPS) is 10.5. The molecule has 20 heavy (non-hydrogen) atoms. The number of aromatic nitrogens is 1. The Bertz CT molecular complexity index is 721. The molecule has 2 nitrogen and oxygen atoms in total. The van der Waals surface area contributed by atoms with E-state index in [9.17, 15) is 4.39 Å². The van der Waals surface area contributed by atoms with Crippen molar-refractivity contribution >= 4 is 11.3 Å².